The van der Waals surface area contributed by atoms with Gasteiger partial charge in [-0.25, -0.2) is 9.97 Å². The van der Waals surface area contributed by atoms with Gasteiger partial charge in [0.05, 0.1) is 0 Å². The minimum Gasteiger partial charge on any atom is -0.507 e. The van der Waals surface area contributed by atoms with E-state index in [1.165, 1.54) is 6.33 Å². The van der Waals surface area contributed by atoms with Crippen LogP contribution in [0.1, 0.15) is 0 Å². The summed E-state index contributed by atoms with van der Waals surface area (Å²) in [4.78, 5) is 8.20. The van der Waals surface area contributed by atoms with Crippen molar-refractivity contribution in [3.63, 3.8) is 0 Å². The van der Waals surface area contributed by atoms with Gasteiger partial charge in [0.1, 0.15) is 12.1 Å². The molecule has 1 N–H and O–H groups in total. The van der Waals surface area contributed by atoms with Crippen molar-refractivity contribution in [2.24, 2.45) is 0 Å². The average molecular weight is 298 g/mol. The summed E-state index contributed by atoms with van der Waals surface area (Å²) in [5, 5.41) is 12.3. The Hall–Kier alpha value is -3.20. The average Bonchev–Trinajstić information content (AvgIpc) is 2.62. The van der Waals surface area contributed by atoms with E-state index in [2.05, 4.69) is 34.2 Å². The molecule has 110 valence electrons. The molecule has 0 aliphatic rings. The van der Waals surface area contributed by atoms with Crippen molar-refractivity contribution in [3.05, 3.63) is 79.4 Å². The molecule has 0 aliphatic heterocycles. The van der Waals surface area contributed by atoms with Crippen LogP contribution in [0.15, 0.2) is 79.4 Å². The standard InChI is InChI=1S/C20H14N2O/c23-20-7-2-1-5-19(20)15-8-9-18-14(10-15)4-3-6-17(18)16-11-21-13-22-12-16/h1-13,23H. The van der Waals surface area contributed by atoms with Crippen molar-refractivity contribution in [3.8, 4) is 28.0 Å². The van der Waals surface area contributed by atoms with Crippen molar-refractivity contribution in [2.45, 2.75) is 0 Å². The van der Waals surface area contributed by atoms with Gasteiger partial charge in [0.25, 0.3) is 0 Å². The first kappa shape index (κ1) is 13.5. The molecule has 4 aromatic rings. The van der Waals surface area contributed by atoms with E-state index >= 15 is 0 Å². The third-order valence-corrected chi connectivity index (χ3v) is 3.97. The van der Waals surface area contributed by atoms with Crippen molar-refractivity contribution < 1.29 is 5.11 Å². The van der Waals surface area contributed by atoms with Crippen LogP contribution in [0.3, 0.4) is 0 Å². The quantitative estimate of drug-likeness (QED) is 0.585. The Morgan fingerprint density at radius 3 is 2.30 bits per heavy atom. The molecule has 0 fully saturated rings. The number of benzene rings is 3. The molecule has 3 aromatic carbocycles. The number of hydrogen-bond acceptors (Lipinski definition) is 3. The molecule has 1 aromatic heterocycles. The highest BCUT2D eigenvalue weighted by atomic mass is 16.3. The molecule has 0 unspecified atom stereocenters. The summed E-state index contributed by atoms with van der Waals surface area (Å²) < 4.78 is 0. The Kier molecular flexibility index (Phi) is 3.24. The molecule has 0 radical (unpaired) electrons. The van der Waals surface area contributed by atoms with Gasteiger partial charge in [-0.05, 0) is 34.0 Å². The Bertz CT molecular complexity index is 981. The molecule has 0 bridgehead atoms. The second-order valence-electron chi connectivity index (χ2n) is 5.39. The fourth-order valence-electron chi connectivity index (χ4n) is 2.86. The van der Waals surface area contributed by atoms with Crippen molar-refractivity contribution in [1.82, 2.24) is 9.97 Å². The summed E-state index contributed by atoms with van der Waals surface area (Å²) in [6.45, 7) is 0. The number of rotatable bonds is 2. The maximum Gasteiger partial charge on any atom is 0.123 e. The molecule has 0 aliphatic carbocycles. The van der Waals surface area contributed by atoms with Crippen molar-refractivity contribution in [1.29, 1.82) is 0 Å². The maximum atomic E-state index is 10.1. The van der Waals surface area contributed by atoms with Crippen LogP contribution in [0.4, 0.5) is 0 Å². The van der Waals surface area contributed by atoms with E-state index in [1.54, 1.807) is 6.07 Å². The number of phenolic OH excluding ortho intramolecular Hbond substituents is 1. The van der Waals surface area contributed by atoms with Gasteiger partial charge in [-0.3, -0.25) is 0 Å². The molecule has 0 atom stereocenters. The Labute approximate surface area is 133 Å². The predicted molar refractivity (Wildman–Crippen MR) is 92.1 cm³/mol. The Morgan fingerprint density at radius 2 is 1.48 bits per heavy atom. The van der Waals surface area contributed by atoms with E-state index in [0.29, 0.717) is 5.75 Å². The first-order chi connectivity index (χ1) is 11.3. The van der Waals surface area contributed by atoms with E-state index in [-0.39, 0.29) is 0 Å². The van der Waals surface area contributed by atoms with Crippen LogP contribution in [0.2, 0.25) is 0 Å². The normalized spacial score (nSPS) is 10.8. The summed E-state index contributed by atoms with van der Waals surface area (Å²) >= 11 is 0. The Balaban J connectivity index is 1.90. The number of aromatic nitrogens is 2. The van der Waals surface area contributed by atoms with Gasteiger partial charge in [-0.1, -0.05) is 48.5 Å². The molecular formula is C20H14N2O. The minimum atomic E-state index is 0.291. The first-order valence-electron chi connectivity index (χ1n) is 7.39. The largest absolute Gasteiger partial charge is 0.507 e. The lowest BCUT2D eigenvalue weighted by Gasteiger charge is -2.09. The number of nitrogens with zero attached hydrogens (tertiary/aromatic N) is 2. The van der Waals surface area contributed by atoms with Gasteiger partial charge < -0.3 is 5.11 Å². The van der Waals surface area contributed by atoms with E-state index in [4.69, 9.17) is 0 Å². The molecule has 3 nitrogen and oxygen atoms in total. The summed E-state index contributed by atoms with van der Waals surface area (Å²) in [5.74, 6) is 0.291. The van der Waals surface area contributed by atoms with E-state index in [1.807, 2.05) is 42.7 Å². The van der Waals surface area contributed by atoms with Crippen LogP contribution in [0.25, 0.3) is 33.0 Å². The molecule has 3 heteroatoms. The highest BCUT2D eigenvalue weighted by Crippen LogP contribution is 2.34. The molecular weight excluding hydrogens is 284 g/mol. The van der Waals surface area contributed by atoms with Crippen LogP contribution >= 0.6 is 0 Å². The third-order valence-electron chi connectivity index (χ3n) is 3.97. The fourth-order valence-corrected chi connectivity index (χ4v) is 2.86. The van der Waals surface area contributed by atoms with Gasteiger partial charge in [-0.15, -0.1) is 0 Å². The predicted octanol–water partition coefficient (Wildman–Crippen LogP) is 4.67. The molecule has 0 saturated carbocycles. The van der Waals surface area contributed by atoms with Gasteiger partial charge >= 0.3 is 0 Å². The van der Waals surface area contributed by atoms with Crippen LogP contribution < -0.4 is 0 Å². The van der Waals surface area contributed by atoms with E-state index in [9.17, 15) is 5.11 Å². The highest BCUT2D eigenvalue weighted by Gasteiger charge is 2.07. The number of fused-ring (bicyclic) bond motifs is 1. The monoisotopic (exact) mass is 298 g/mol. The zero-order valence-electron chi connectivity index (χ0n) is 12.3. The lowest BCUT2D eigenvalue weighted by Crippen LogP contribution is -1.85. The smallest absolute Gasteiger partial charge is 0.123 e. The van der Waals surface area contributed by atoms with Gasteiger partial charge in [-0.2, -0.15) is 0 Å². The number of hydrogen-bond donors (Lipinski definition) is 1. The summed E-state index contributed by atoms with van der Waals surface area (Å²) in [5.41, 5.74) is 3.93. The van der Waals surface area contributed by atoms with Crippen LogP contribution in [-0.4, -0.2) is 15.1 Å². The van der Waals surface area contributed by atoms with Crippen molar-refractivity contribution in [2.75, 3.05) is 0 Å². The number of phenols is 1. The zero-order chi connectivity index (χ0) is 15.6. The van der Waals surface area contributed by atoms with Gasteiger partial charge in [0.15, 0.2) is 0 Å². The molecule has 0 saturated heterocycles. The molecule has 0 spiro atoms. The molecule has 4 rings (SSSR count). The third kappa shape index (κ3) is 2.42. The van der Waals surface area contributed by atoms with E-state index in [0.717, 1.165) is 33.0 Å². The lowest BCUT2D eigenvalue weighted by atomic mass is 9.96. The first-order valence-corrected chi connectivity index (χ1v) is 7.39. The maximum absolute atomic E-state index is 10.1. The fraction of sp³-hybridized carbons (Fsp3) is 0. The lowest BCUT2D eigenvalue weighted by molar-refractivity contribution is 0.477. The Morgan fingerprint density at radius 1 is 0.696 bits per heavy atom. The second kappa shape index (κ2) is 5.54. The van der Waals surface area contributed by atoms with Crippen LogP contribution in [0, 0.1) is 0 Å². The summed E-state index contributed by atoms with van der Waals surface area (Å²) in [6, 6.07) is 19.8. The van der Waals surface area contributed by atoms with Crippen molar-refractivity contribution >= 4 is 10.8 Å². The molecule has 0 amide bonds. The number of para-hydroxylation sites is 1. The van der Waals surface area contributed by atoms with Crippen LogP contribution in [0.5, 0.6) is 5.75 Å². The SMILES string of the molecule is Oc1ccccc1-c1ccc2c(-c3cncnc3)cccc2c1. The van der Waals surface area contributed by atoms with Gasteiger partial charge in [0, 0.05) is 23.5 Å². The highest BCUT2D eigenvalue weighted by molar-refractivity contribution is 5.98. The van der Waals surface area contributed by atoms with E-state index < -0.39 is 0 Å². The molecule has 23 heavy (non-hydrogen) atoms. The van der Waals surface area contributed by atoms with Crippen LogP contribution in [-0.2, 0) is 0 Å². The zero-order valence-corrected chi connectivity index (χ0v) is 12.3. The summed E-state index contributed by atoms with van der Waals surface area (Å²) in [7, 11) is 0. The number of aromatic hydroxyl groups is 1. The topological polar surface area (TPSA) is 46.0 Å². The second-order valence-corrected chi connectivity index (χ2v) is 5.39. The van der Waals surface area contributed by atoms with Gasteiger partial charge in [0.2, 0.25) is 0 Å². The summed E-state index contributed by atoms with van der Waals surface area (Å²) in [6.07, 6.45) is 5.17. The minimum absolute atomic E-state index is 0.291. The molecule has 1 heterocycles.